The van der Waals surface area contributed by atoms with Gasteiger partial charge in [-0.05, 0) is 18.2 Å². The highest BCUT2D eigenvalue weighted by Crippen LogP contribution is 2.10. The van der Waals surface area contributed by atoms with Gasteiger partial charge in [0, 0.05) is 6.92 Å². The van der Waals surface area contributed by atoms with Crippen LogP contribution in [-0.2, 0) is 9.53 Å². The Morgan fingerprint density at radius 1 is 1.33 bits per heavy atom. The Kier molecular flexibility index (Phi) is 3.49. The second kappa shape index (κ2) is 4.63. The Hall–Kier alpha value is -1.78. The van der Waals surface area contributed by atoms with Crippen molar-refractivity contribution in [2.75, 3.05) is 6.61 Å². The van der Waals surface area contributed by atoms with Gasteiger partial charge < -0.3 is 4.74 Å². The first kappa shape index (κ1) is 11.3. The second-order valence-electron chi connectivity index (χ2n) is 2.83. The fourth-order valence-electron chi connectivity index (χ4n) is 0.956. The molecule has 0 aromatic heterocycles. The monoisotopic (exact) mass is 214 g/mol. The van der Waals surface area contributed by atoms with E-state index in [-0.39, 0.29) is 0 Å². The van der Waals surface area contributed by atoms with Crippen molar-refractivity contribution in [3.8, 4) is 0 Å². The second-order valence-corrected chi connectivity index (χ2v) is 2.83. The maximum Gasteiger partial charge on any atom is 0.303 e. The van der Waals surface area contributed by atoms with Gasteiger partial charge >= 0.3 is 5.97 Å². The molecule has 80 valence electrons. The highest BCUT2D eigenvalue weighted by atomic mass is 19.1. The summed E-state index contributed by atoms with van der Waals surface area (Å²) >= 11 is 0. The first-order valence-corrected chi connectivity index (χ1v) is 4.12. The molecule has 0 atom stereocenters. The van der Waals surface area contributed by atoms with Gasteiger partial charge in [-0.15, -0.1) is 0 Å². The van der Waals surface area contributed by atoms with E-state index in [4.69, 9.17) is 0 Å². The van der Waals surface area contributed by atoms with Gasteiger partial charge in [0.05, 0.1) is 5.56 Å². The molecule has 0 aliphatic carbocycles. The quantitative estimate of drug-likeness (QED) is 0.568. The van der Waals surface area contributed by atoms with Crippen LogP contribution in [0, 0.1) is 11.6 Å². The highest BCUT2D eigenvalue weighted by Gasteiger charge is 2.13. The third kappa shape index (κ3) is 3.12. The number of ether oxygens (including phenoxy) is 1. The summed E-state index contributed by atoms with van der Waals surface area (Å²) in [7, 11) is 0. The van der Waals surface area contributed by atoms with E-state index in [1.807, 2.05) is 0 Å². The number of rotatable bonds is 3. The van der Waals surface area contributed by atoms with Crippen LogP contribution < -0.4 is 0 Å². The lowest BCUT2D eigenvalue weighted by Crippen LogP contribution is -2.13. The van der Waals surface area contributed by atoms with Gasteiger partial charge in [-0.1, -0.05) is 0 Å². The van der Waals surface area contributed by atoms with Crippen LogP contribution in [0.5, 0.6) is 0 Å². The van der Waals surface area contributed by atoms with E-state index in [0.29, 0.717) is 0 Å². The zero-order valence-electron chi connectivity index (χ0n) is 7.92. The minimum Gasteiger partial charge on any atom is -0.457 e. The fraction of sp³-hybridized carbons (Fsp3) is 0.200. The molecule has 0 saturated carbocycles. The Labute approximate surface area is 84.7 Å². The van der Waals surface area contributed by atoms with E-state index in [9.17, 15) is 18.4 Å². The van der Waals surface area contributed by atoms with E-state index < -0.39 is 35.6 Å². The van der Waals surface area contributed by atoms with Crippen molar-refractivity contribution in [1.82, 2.24) is 0 Å². The molecule has 5 heteroatoms. The molecule has 0 N–H and O–H groups in total. The van der Waals surface area contributed by atoms with Gasteiger partial charge in [-0.3, -0.25) is 9.59 Å². The summed E-state index contributed by atoms with van der Waals surface area (Å²) < 4.78 is 30.1. The fourth-order valence-corrected chi connectivity index (χ4v) is 0.956. The van der Waals surface area contributed by atoms with Gasteiger partial charge in [0.2, 0.25) is 5.78 Å². The van der Waals surface area contributed by atoms with Gasteiger partial charge in [0.1, 0.15) is 11.6 Å². The van der Waals surface area contributed by atoms with E-state index in [0.717, 1.165) is 25.1 Å². The SMILES string of the molecule is CC(=O)OCC(=O)c1cc(F)ccc1F. The van der Waals surface area contributed by atoms with Crippen LogP contribution in [-0.4, -0.2) is 18.4 Å². The topological polar surface area (TPSA) is 43.4 Å². The van der Waals surface area contributed by atoms with E-state index in [1.54, 1.807) is 0 Å². The van der Waals surface area contributed by atoms with Gasteiger partial charge in [0.25, 0.3) is 0 Å². The number of hydrogen-bond donors (Lipinski definition) is 0. The lowest BCUT2D eigenvalue weighted by Gasteiger charge is -2.02. The van der Waals surface area contributed by atoms with Crippen molar-refractivity contribution >= 4 is 11.8 Å². The van der Waals surface area contributed by atoms with Crippen LogP contribution in [0.4, 0.5) is 8.78 Å². The van der Waals surface area contributed by atoms with E-state index >= 15 is 0 Å². The summed E-state index contributed by atoms with van der Waals surface area (Å²) in [5, 5.41) is 0. The lowest BCUT2D eigenvalue weighted by atomic mass is 10.1. The largest absolute Gasteiger partial charge is 0.457 e. The summed E-state index contributed by atoms with van der Waals surface area (Å²) in [6, 6.07) is 2.51. The first-order valence-electron chi connectivity index (χ1n) is 4.12. The molecular formula is C10H8F2O3. The summed E-state index contributed by atoms with van der Waals surface area (Å²) in [5.41, 5.74) is -0.420. The molecule has 1 aromatic carbocycles. The molecule has 0 unspecified atom stereocenters. The van der Waals surface area contributed by atoms with Gasteiger partial charge in [-0.2, -0.15) is 0 Å². The molecule has 0 spiro atoms. The minimum absolute atomic E-state index is 0.420. The number of carbonyl (C=O) groups excluding carboxylic acids is 2. The number of hydrogen-bond acceptors (Lipinski definition) is 3. The Morgan fingerprint density at radius 3 is 2.60 bits per heavy atom. The normalized spacial score (nSPS) is 9.80. The molecular weight excluding hydrogens is 206 g/mol. The van der Waals surface area contributed by atoms with Crippen molar-refractivity contribution in [1.29, 1.82) is 0 Å². The van der Waals surface area contributed by atoms with Crippen LogP contribution in [0.25, 0.3) is 0 Å². The molecule has 3 nitrogen and oxygen atoms in total. The minimum atomic E-state index is -0.839. The van der Waals surface area contributed by atoms with Crippen molar-refractivity contribution in [3.63, 3.8) is 0 Å². The predicted octanol–water partition coefficient (Wildman–Crippen LogP) is 1.71. The van der Waals surface area contributed by atoms with Crippen LogP contribution in [0.2, 0.25) is 0 Å². The third-order valence-electron chi connectivity index (χ3n) is 1.64. The molecule has 0 bridgehead atoms. The molecule has 0 saturated heterocycles. The Bertz CT molecular complexity index is 402. The van der Waals surface area contributed by atoms with Crippen LogP contribution in [0.15, 0.2) is 18.2 Å². The average molecular weight is 214 g/mol. The smallest absolute Gasteiger partial charge is 0.303 e. The maximum absolute atomic E-state index is 13.0. The van der Waals surface area contributed by atoms with E-state index in [2.05, 4.69) is 4.74 Å². The molecule has 1 aromatic rings. The number of carbonyl (C=O) groups is 2. The summed E-state index contributed by atoms with van der Waals surface area (Å²) in [4.78, 5) is 21.6. The number of ketones is 1. The average Bonchev–Trinajstić information content (AvgIpc) is 2.18. The number of esters is 1. The summed E-state index contributed by atoms with van der Waals surface area (Å²) in [6.45, 7) is 0.533. The van der Waals surface area contributed by atoms with E-state index in [1.165, 1.54) is 0 Å². The molecule has 0 heterocycles. The standard InChI is InChI=1S/C10H8F2O3/c1-6(13)15-5-10(14)8-4-7(11)2-3-9(8)12/h2-4H,5H2,1H3. The lowest BCUT2D eigenvalue weighted by molar-refractivity contribution is -0.139. The maximum atomic E-state index is 13.0. The van der Waals surface area contributed by atoms with Crippen molar-refractivity contribution in [3.05, 3.63) is 35.4 Å². The van der Waals surface area contributed by atoms with Crippen LogP contribution >= 0.6 is 0 Å². The number of Topliss-reactive ketones (excluding diaryl/α,β-unsaturated/α-hetero) is 1. The Balaban J connectivity index is 2.81. The Morgan fingerprint density at radius 2 is 2.00 bits per heavy atom. The molecule has 0 aliphatic rings. The molecule has 0 fully saturated rings. The van der Waals surface area contributed by atoms with Crippen LogP contribution in [0.3, 0.4) is 0 Å². The zero-order valence-corrected chi connectivity index (χ0v) is 7.92. The molecule has 0 aliphatic heterocycles. The van der Waals surface area contributed by atoms with Gasteiger partial charge in [-0.25, -0.2) is 8.78 Å². The van der Waals surface area contributed by atoms with Crippen LogP contribution in [0.1, 0.15) is 17.3 Å². The van der Waals surface area contributed by atoms with Gasteiger partial charge in [0.15, 0.2) is 6.61 Å². The molecule has 0 amide bonds. The zero-order chi connectivity index (χ0) is 11.4. The highest BCUT2D eigenvalue weighted by molar-refractivity contribution is 5.98. The summed E-state index contributed by atoms with van der Waals surface area (Å²) in [5.74, 6) is -2.99. The number of halogens is 2. The number of benzene rings is 1. The molecule has 15 heavy (non-hydrogen) atoms. The van der Waals surface area contributed by atoms with Crippen molar-refractivity contribution in [2.24, 2.45) is 0 Å². The predicted molar refractivity (Wildman–Crippen MR) is 47.3 cm³/mol. The van der Waals surface area contributed by atoms with Crippen molar-refractivity contribution in [2.45, 2.75) is 6.92 Å². The summed E-state index contributed by atoms with van der Waals surface area (Å²) in [6.07, 6.45) is 0. The first-order chi connectivity index (χ1) is 7.00. The van der Waals surface area contributed by atoms with Crippen molar-refractivity contribution < 1.29 is 23.1 Å². The third-order valence-corrected chi connectivity index (χ3v) is 1.64. The molecule has 1 rings (SSSR count). The molecule has 0 radical (unpaired) electrons.